The van der Waals surface area contributed by atoms with Crippen LogP contribution in [0.4, 0.5) is 0 Å². The summed E-state index contributed by atoms with van der Waals surface area (Å²) < 4.78 is 0. The summed E-state index contributed by atoms with van der Waals surface area (Å²) in [5.41, 5.74) is -0.127. The van der Waals surface area contributed by atoms with Crippen LogP contribution in [0.15, 0.2) is 0 Å². The van der Waals surface area contributed by atoms with Gasteiger partial charge in [-0.3, -0.25) is 4.79 Å². The van der Waals surface area contributed by atoms with Crippen LogP contribution in [-0.2, 0) is 4.79 Å². The summed E-state index contributed by atoms with van der Waals surface area (Å²) in [4.78, 5) is 11.2. The molecule has 60 valence electrons. The monoisotopic (exact) mass is 206 g/mol. The topological polar surface area (TPSA) is 17.1 Å². The molecule has 0 bridgehead atoms. The third kappa shape index (κ3) is 2.82. The molecular formula is C8H15BrO. The predicted molar refractivity (Wildman–Crippen MR) is 47.5 cm³/mol. The van der Waals surface area contributed by atoms with E-state index in [-0.39, 0.29) is 5.41 Å². The first-order chi connectivity index (χ1) is 4.54. The normalized spacial score (nSPS) is 11.6. The zero-order chi connectivity index (χ0) is 8.20. The first-order valence-electron chi connectivity index (χ1n) is 3.64. The van der Waals surface area contributed by atoms with Gasteiger partial charge in [-0.2, -0.15) is 0 Å². The summed E-state index contributed by atoms with van der Waals surface area (Å²) in [6.45, 7) is 6.10. The number of carbonyl (C=O) groups is 1. The molecule has 0 aliphatic heterocycles. The fourth-order valence-electron chi connectivity index (χ4n) is 0.945. The number of carbonyl (C=O) groups excluding carboxylic acids is 1. The molecule has 0 unspecified atom stereocenters. The van der Waals surface area contributed by atoms with E-state index in [4.69, 9.17) is 0 Å². The Hall–Kier alpha value is 0.150. The number of hydrogen-bond acceptors (Lipinski definition) is 1. The number of ketones is 1. The van der Waals surface area contributed by atoms with E-state index in [2.05, 4.69) is 22.9 Å². The molecule has 0 amide bonds. The van der Waals surface area contributed by atoms with E-state index in [1.807, 2.05) is 13.8 Å². The van der Waals surface area contributed by atoms with Gasteiger partial charge in [-0.1, -0.05) is 43.1 Å². The van der Waals surface area contributed by atoms with E-state index >= 15 is 0 Å². The minimum atomic E-state index is -0.127. The summed E-state index contributed by atoms with van der Waals surface area (Å²) >= 11 is 3.17. The van der Waals surface area contributed by atoms with E-state index in [1.165, 1.54) is 0 Å². The highest BCUT2D eigenvalue weighted by molar-refractivity contribution is 9.09. The minimum Gasteiger partial charge on any atom is -0.298 e. The van der Waals surface area contributed by atoms with E-state index in [9.17, 15) is 4.79 Å². The minimum absolute atomic E-state index is 0.127. The fraction of sp³-hybridized carbons (Fsp3) is 0.875. The standard InChI is InChI=1S/C8H15BrO/c1-4-5-8(2,3)7(10)6-9/h4-6H2,1-3H3. The fourth-order valence-corrected chi connectivity index (χ4v) is 1.70. The molecule has 0 aromatic carbocycles. The Labute approximate surface area is 71.3 Å². The molecule has 0 aromatic rings. The lowest BCUT2D eigenvalue weighted by molar-refractivity contribution is -0.124. The Morgan fingerprint density at radius 3 is 2.30 bits per heavy atom. The summed E-state index contributed by atoms with van der Waals surface area (Å²) in [6.07, 6.45) is 2.06. The van der Waals surface area contributed by atoms with Gasteiger partial charge in [-0.05, 0) is 6.42 Å². The molecule has 0 rings (SSSR count). The van der Waals surface area contributed by atoms with Gasteiger partial charge in [0.25, 0.3) is 0 Å². The quantitative estimate of drug-likeness (QED) is 0.648. The predicted octanol–water partition coefficient (Wildman–Crippen LogP) is 2.78. The lowest BCUT2D eigenvalue weighted by Gasteiger charge is -2.20. The Kier molecular flexibility index (Phi) is 4.18. The molecular weight excluding hydrogens is 192 g/mol. The highest BCUT2D eigenvalue weighted by Gasteiger charge is 2.24. The van der Waals surface area contributed by atoms with Gasteiger partial charge in [0.2, 0.25) is 0 Å². The van der Waals surface area contributed by atoms with Crippen LogP contribution in [0.5, 0.6) is 0 Å². The first kappa shape index (κ1) is 10.2. The molecule has 0 radical (unpaired) electrons. The average Bonchev–Trinajstić information content (AvgIpc) is 1.86. The molecule has 0 saturated heterocycles. The molecule has 0 aliphatic carbocycles. The van der Waals surface area contributed by atoms with Gasteiger partial charge >= 0.3 is 0 Å². The largest absolute Gasteiger partial charge is 0.298 e. The van der Waals surface area contributed by atoms with Crippen LogP contribution >= 0.6 is 15.9 Å². The van der Waals surface area contributed by atoms with Crippen molar-refractivity contribution in [3.05, 3.63) is 0 Å². The molecule has 0 fully saturated rings. The number of halogens is 1. The third-order valence-corrected chi connectivity index (χ3v) is 2.26. The molecule has 10 heavy (non-hydrogen) atoms. The van der Waals surface area contributed by atoms with Gasteiger partial charge < -0.3 is 0 Å². The maximum atomic E-state index is 11.2. The summed E-state index contributed by atoms with van der Waals surface area (Å²) in [6, 6.07) is 0. The molecule has 0 N–H and O–H groups in total. The molecule has 0 aromatic heterocycles. The van der Waals surface area contributed by atoms with Crippen LogP contribution in [-0.4, -0.2) is 11.1 Å². The zero-order valence-corrected chi connectivity index (χ0v) is 8.49. The number of Topliss-reactive ketones (excluding diaryl/α,β-unsaturated/α-hetero) is 1. The Balaban J connectivity index is 3.96. The maximum Gasteiger partial charge on any atom is 0.148 e. The molecule has 0 aliphatic rings. The van der Waals surface area contributed by atoms with Gasteiger partial charge in [-0.25, -0.2) is 0 Å². The summed E-state index contributed by atoms with van der Waals surface area (Å²) in [7, 11) is 0. The van der Waals surface area contributed by atoms with Crippen LogP contribution < -0.4 is 0 Å². The molecule has 0 atom stereocenters. The Morgan fingerprint density at radius 2 is 2.00 bits per heavy atom. The summed E-state index contributed by atoms with van der Waals surface area (Å²) in [5, 5.41) is 0.486. The van der Waals surface area contributed by atoms with Gasteiger partial charge in [-0.15, -0.1) is 0 Å². The molecule has 2 heteroatoms. The second kappa shape index (κ2) is 4.12. The van der Waals surface area contributed by atoms with Crippen LogP contribution in [0.1, 0.15) is 33.6 Å². The smallest absolute Gasteiger partial charge is 0.148 e. The van der Waals surface area contributed by atoms with Crippen LogP contribution in [0, 0.1) is 5.41 Å². The van der Waals surface area contributed by atoms with Gasteiger partial charge in [0.1, 0.15) is 5.78 Å². The molecule has 0 spiro atoms. The van der Waals surface area contributed by atoms with Gasteiger partial charge in [0.05, 0.1) is 5.33 Å². The SMILES string of the molecule is CCCC(C)(C)C(=O)CBr. The van der Waals surface area contributed by atoms with Crippen molar-refractivity contribution < 1.29 is 4.79 Å². The lowest BCUT2D eigenvalue weighted by Crippen LogP contribution is -2.24. The number of alkyl halides is 1. The van der Waals surface area contributed by atoms with Crippen molar-refractivity contribution in [1.82, 2.24) is 0 Å². The van der Waals surface area contributed by atoms with E-state index in [1.54, 1.807) is 0 Å². The van der Waals surface area contributed by atoms with Crippen LogP contribution in [0.2, 0.25) is 0 Å². The van der Waals surface area contributed by atoms with Crippen LogP contribution in [0.3, 0.4) is 0 Å². The highest BCUT2D eigenvalue weighted by atomic mass is 79.9. The lowest BCUT2D eigenvalue weighted by atomic mass is 9.84. The number of rotatable bonds is 4. The van der Waals surface area contributed by atoms with Crippen molar-refractivity contribution in [1.29, 1.82) is 0 Å². The maximum absolute atomic E-state index is 11.2. The van der Waals surface area contributed by atoms with Crippen molar-refractivity contribution in [2.75, 3.05) is 5.33 Å². The van der Waals surface area contributed by atoms with Gasteiger partial charge in [0.15, 0.2) is 0 Å². The van der Waals surface area contributed by atoms with Crippen molar-refractivity contribution >= 4 is 21.7 Å². The van der Waals surface area contributed by atoms with E-state index < -0.39 is 0 Å². The van der Waals surface area contributed by atoms with Crippen molar-refractivity contribution in [3.63, 3.8) is 0 Å². The highest BCUT2D eigenvalue weighted by Crippen LogP contribution is 2.23. The molecule has 0 saturated carbocycles. The van der Waals surface area contributed by atoms with Crippen molar-refractivity contribution in [3.8, 4) is 0 Å². The molecule has 1 nitrogen and oxygen atoms in total. The van der Waals surface area contributed by atoms with E-state index in [0.29, 0.717) is 11.1 Å². The Morgan fingerprint density at radius 1 is 1.50 bits per heavy atom. The Bertz CT molecular complexity index is 118. The number of hydrogen-bond donors (Lipinski definition) is 0. The van der Waals surface area contributed by atoms with Crippen LogP contribution in [0.25, 0.3) is 0 Å². The average molecular weight is 207 g/mol. The van der Waals surface area contributed by atoms with Crippen molar-refractivity contribution in [2.24, 2.45) is 5.41 Å². The second-order valence-electron chi connectivity index (χ2n) is 3.19. The van der Waals surface area contributed by atoms with Crippen molar-refractivity contribution in [2.45, 2.75) is 33.6 Å². The second-order valence-corrected chi connectivity index (χ2v) is 3.75. The van der Waals surface area contributed by atoms with E-state index in [0.717, 1.165) is 12.8 Å². The zero-order valence-electron chi connectivity index (χ0n) is 6.91. The van der Waals surface area contributed by atoms with Gasteiger partial charge in [0, 0.05) is 5.41 Å². The third-order valence-electron chi connectivity index (χ3n) is 1.75. The molecule has 0 heterocycles. The summed E-state index contributed by atoms with van der Waals surface area (Å²) in [5.74, 6) is 0.300. The first-order valence-corrected chi connectivity index (χ1v) is 4.76.